The summed E-state index contributed by atoms with van der Waals surface area (Å²) in [6.45, 7) is 7.06. The van der Waals surface area contributed by atoms with Gasteiger partial charge in [0.1, 0.15) is 11.6 Å². The van der Waals surface area contributed by atoms with Crippen LogP contribution in [0.15, 0.2) is 17.5 Å². The van der Waals surface area contributed by atoms with Crippen molar-refractivity contribution in [3.05, 3.63) is 33.0 Å². The molecule has 1 saturated heterocycles. The number of thiazole rings is 1. The highest BCUT2D eigenvalue weighted by molar-refractivity contribution is 7.15. The Morgan fingerprint density at radius 3 is 2.77 bits per heavy atom. The SMILES string of the molecule is CC(C)(C)OC(=O)N1CCc2nc(NC(=O)[C@@H]3CCCN3C(=O)c3cccs3)sc2C1. The predicted octanol–water partition coefficient (Wildman–Crippen LogP) is 3.74. The number of likely N-dealkylation sites (tertiary alicyclic amines) is 1. The van der Waals surface area contributed by atoms with Gasteiger partial charge in [0.25, 0.3) is 5.91 Å². The van der Waals surface area contributed by atoms with Crippen molar-refractivity contribution in [2.75, 3.05) is 18.4 Å². The minimum atomic E-state index is -0.544. The first-order chi connectivity index (χ1) is 14.7. The van der Waals surface area contributed by atoms with Crippen LogP contribution in [0.25, 0.3) is 0 Å². The molecular weight excluding hydrogens is 436 g/mol. The number of ether oxygens (including phenoxy) is 1. The average Bonchev–Trinajstić information content (AvgIpc) is 3.44. The van der Waals surface area contributed by atoms with E-state index >= 15 is 0 Å². The summed E-state index contributed by atoms with van der Waals surface area (Å²) in [5.41, 5.74) is 0.357. The van der Waals surface area contributed by atoms with Crippen LogP contribution < -0.4 is 5.32 Å². The number of fused-ring (bicyclic) bond motifs is 1. The number of aromatic nitrogens is 1. The fraction of sp³-hybridized carbons (Fsp3) is 0.524. The van der Waals surface area contributed by atoms with Crippen LogP contribution in [0.3, 0.4) is 0 Å². The molecule has 0 unspecified atom stereocenters. The number of anilines is 1. The quantitative estimate of drug-likeness (QED) is 0.750. The minimum Gasteiger partial charge on any atom is -0.444 e. The summed E-state index contributed by atoms with van der Waals surface area (Å²) >= 11 is 2.76. The second kappa shape index (κ2) is 8.58. The number of amides is 3. The lowest BCUT2D eigenvalue weighted by Crippen LogP contribution is -2.42. The molecule has 1 fully saturated rings. The molecule has 0 radical (unpaired) electrons. The zero-order valence-electron chi connectivity index (χ0n) is 17.8. The maximum absolute atomic E-state index is 12.9. The van der Waals surface area contributed by atoms with Crippen LogP contribution in [-0.2, 0) is 22.5 Å². The van der Waals surface area contributed by atoms with Gasteiger partial charge in [0, 0.05) is 24.4 Å². The van der Waals surface area contributed by atoms with Gasteiger partial charge >= 0.3 is 6.09 Å². The Bertz CT molecular complexity index is 980. The molecule has 0 aliphatic carbocycles. The second-order valence-corrected chi connectivity index (χ2v) is 10.7. The van der Waals surface area contributed by atoms with Gasteiger partial charge in [-0.3, -0.25) is 9.59 Å². The molecule has 4 rings (SSSR count). The number of nitrogens with one attached hydrogen (secondary N) is 1. The molecule has 166 valence electrons. The van der Waals surface area contributed by atoms with Gasteiger partial charge < -0.3 is 19.9 Å². The Kier molecular flexibility index (Phi) is 6.02. The molecule has 2 aliphatic rings. The Morgan fingerprint density at radius 2 is 2.06 bits per heavy atom. The molecule has 0 saturated carbocycles. The molecule has 1 atom stereocenters. The van der Waals surface area contributed by atoms with E-state index in [1.807, 2.05) is 32.2 Å². The van der Waals surface area contributed by atoms with Gasteiger partial charge in [0.05, 0.1) is 17.1 Å². The Hall–Kier alpha value is -2.46. The number of carbonyl (C=O) groups excluding carboxylic acids is 3. The topological polar surface area (TPSA) is 91.8 Å². The largest absolute Gasteiger partial charge is 0.444 e. The van der Waals surface area contributed by atoms with Gasteiger partial charge in [-0.05, 0) is 45.1 Å². The van der Waals surface area contributed by atoms with Crippen LogP contribution in [0.2, 0.25) is 0 Å². The average molecular weight is 463 g/mol. The molecule has 0 spiro atoms. The number of rotatable bonds is 3. The van der Waals surface area contributed by atoms with Crippen LogP contribution in [0.1, 0.15) is 53.9 Å². The highest BCUT2D eigenvalue weighted by Crippen LogP contribution is 2.30. The Morgan fingerprint density at radius 1 is 1.26 bits per heavy atom. The summed E-state index contributed by atoms with van der Waals surface area (Å²) in [5.74, 6) is -0.309. The molecule has 1 N–H and O–H groups in total. The predicted molar refractivity (Wildman–Crippen MR) is 119 cm³/mol. The molecule has 2 aromatic rings. The van der Waals surface area contributed by atoms with Crippen LogP contribution in [-0.4, -0.2) is 57.4 Å². The molecule has 8 nitrogen and oxygen atoms in total. The smallest absolute Gasteiger partial charge is 0.410 e. The van der Waals surface area contributed by atoms with E-state index in [0.717, 1.165) is 17.0 Å². The van der Waals surface area contributed by atoms with Gasteiger partial charge in [-0.15, -0.1) is 11.3 Å². The van der Waals surface area contributed by atoms with E-state index in [1.54, 1.807) is 15.9 Å². The summed E-state index contributed by atoms with van der Waals surface area (Å²) in [5, 5.41) is 5.27. The zero-order valence-corrected chi connectivity index (χ0v) is 19.5. The number of carbonyl (C=O) groups is 3. The van der Waals surface area contributed by atoms with Crippen molar-refractivity contribution in [2.24, 2.45) is 0 Å². The third-order valence-corrected chi connectivity index (χ3v) is 7.02. The van der Waals surface area contributed by atoms with Crippen molar-refractivity contribution in [3.8, 4) is 0 Å². The van der Waals surface area contributed by atoms with E-state index in [9.17, 15) is 14.4 Å². The summed E-state index contributed by atoms with van der Waals surface area (Å²) in [6, 6.07) is 3.13. The van der Waals surface area contributed by atoms with Gasteiger partial charge in [-0.1, -0.05) is 17.4 Å². The molecular formula is C21H26N4O4S2. The van der Waals surface area contributed by atoms with Gasteiger partial charge in [0.15, 0.2) is 5.13 Å². The third kappa shape index (κ3) is 4.90. The van der Waals surface area contributed by atoms with Crippen molar-refractivity contribution < 1.29 is 19.1 Å². The van der Waals surface area contributed by atoms with Crippen LogP contribution in [0, 0.1) is 0 Å². The Labute approximate surface area is 189 Å². The van der Waals surface area contributed by atoms with E-state index in [-0.39, 0.29) is 17.9 Å². The van der Waals surface area contributed by atoms with Gasteiger partial charge in [0.2, 0.25) is 5.91 Å². The van der Waals surface area contributed by atoms with Crippen molar-refractivity contribution in [2.45, 2.75) is 58.2 Å². The van der Waals surface area contributed by atoms with E-state index < -0.39 is 11.6 Å². The lowest BCUT2D eigenvalue weighted by molar-refractivity contribution is -0.119. The number of nitrogens with zero attached hydrogens (tertiary/aromatic N) is 3. The first-order valence-corrected chi connectivity index (χ1v) is 12.0. The fourth-order valence-corrected chi connectivity index (χ4v) is 5.45. The second-order valence-electron chi connectivity index (χ2n) is 8.66. The first kappa shape index (κ1) is 21.8. The van der Waals surface area contributed by atoms with Crippen LogP contribution in [0.5, 0.6) is 0 Å². The molecule has 3 amide bonds. The van der Waals surface area contributed by atoms with Crippen LogP contribution in [0.4, 0.5) is 9.93 Å². The number of hydrogen-bond acceptors (Lipinski definition) is 7. The minimum absolute atomic E-state index is 0.0981. The maximum atomic E-state index is 12.9. The Balaban J connectivity index is 1.40. The lowest BCUT2D eigenvalue weighted by atomic mass is 10.2. The number of hydrogen-bond donors (Lipinski definition) is 1. The molecule has 2 aromatic heterocycles. The highest BCUT2D eigenvalue weighted by atomic mass is 32.1. The summed E-state index contributed by atoms with van der Waals surface area (Å²) in [4.78, 5) is 47.5. The molecule has 0 aromatic carbocycles. The fourth-order valence-electron chi connectivity index (χ4n) is 3.74. The zero-order chi connectivity index (χ0) is 22.2. The maximum Gasteiger partial charge on any atom is 0.410 e. The summed E-state index contributed by atoms with van der Waals surface area (Å²) in [6.07, 6.45) is 1.72. The molecule has 31 heavy (non-hydrogen) atoms. The van der Waals surface area contributed by atoms with Gasteiger partial charge in [-0.25, -0.2) is 9.78 Å². The molecule has 0 bridgehead atoms. The number of thiophene rings is 1. The van der Waals surface area contributed by atoms with Crippen molar-refractivity contribution in [1.82, 2.24) is 14.8 Å². The van der Waals surface area contributed by atoms with Crippen molar-refractivity contribution in [3.63, 3.8) is 0 Å². The van der Waals surface area contributed by atoms with E-state index in [0.29, 0.717) is 42.5 Å². The van der Waals surface area contributed by atoms with E-state index in [1.165, 1.54) is 22.7 Å². The lowest BCUT2D eigenvalue weighted by Gasteiger charge is -2.29. The van der Waals surface area contributed by atoms with E-state index in [4.69, 9.17) is 4.74 Å². The first-order valence-electron chi connectivity index (χ1n) is 10.3. The van der Waals surface area contributed by atoms with Gasteiger partial charge in [-0.2, -0.15) is 0 Å². The normalized spacial score (nSPS) is 18.6. The monoisotopic (exact) mass is 462 g/mol. The van der Waals surface area contributed by atoms with Crippen LogP contribution >= 0.6 is 22.7 Å². The standard InChI is InChI=1S/C21H26N4O4S2/c1-21(2,3)29-20(28)24-10-8-13-16(12-24)31-19(22-13)23-17(26)14-6-4-9-25(14)18(27)15-7-5-11-30-15/h5,7,11,14H,4,6,8-10,12H2,1-3H3,(H,22,23,26)/t14-/m0/s1. The van der Waals surface area contributed by atoms with Crippen molar-refractivity contribution >= 4 is 45.7 Å². The van der Waals surface area contributed by atoms with Crippen molar-refractivity contribution in [1.29, 1.82) is 0 Å². The molecule has 2 aliphatic heterocycles. The summed E-state index contributed by atoms with van der Waals surface area (Å²) < 4.78 is 5.46. The highest BCUT2D eigenvalue weighted by Gasteiger charge is 2.36. The summed E-state index contributed by atoms with van der Waals surface area (Å²) in [7, 11) is 0. The van der Waals surface area contributed by atoms with E-state index in [2.05, 4.69) is 10.3 Å². The third-order valence-electron chi connectivity index (χ3n) is 5.16. The molecule has 4 heterocycles. The molecule has 10 heteroatoms.